The molecule has 1 aliphatic rings. The molecule has 4 aromatic rings. The van der Waals surface area contributed by atoms with Crippen LogP contribution >= 0.6 is 0 Å². The summed E-state index contributed by atoms with van der Waals surface area (Å²) in [7, 11) is 1.41. The van der Waals surface area contributed by atoms with Gasteiger partial charge in [-0.05, 0) is 73.9 Å². The Bertz CT molecular complexity index is 2030. The zero-order valence-corrected chi connectivity index (χ0v) is 29.3. The highest BCUT2D eigenvalue weighted by atomic mass is 32.2. The Morgan fingerprint density at radius 3 is 2.30 bits per heavy atom. The number of hydrogen-bond acceptors (Lipinski definition) is 11. The Morgan fingerprint density at radius 1 is 0.920 bits per heavy atom. The van der Waals surface area contributed by atoms with Gasteiger partial charge in [0.25, 0.3) is 0 Å². The van der Waals surface area contributed by atoms with Gasteiger partial charge in [0.05, 0.1) is 50.5 Å². The van der Waals surface area contributed by atoms with Crippen molar-refractivity contribution in [1.82, 2.24) is 9.88 Å². The van der Waals surface area contributed by atoms with Crippen molar-refractivity contribution >= 4 is 50.0 Å². The van der Waals surface area contributed by atoms with Crippen molar-refractivity contribution in [2.24, 2.45) is 5.92 Å². The summed E-state index contributed by atoms with van der Waals surface area (Å²) in [6.45, 7) is 3.14. The van der Waals surface area contributed by atoms with E-state index in [9.17, 15) is 27.9 Å². The maximum atomic E-state index is 15.0. The van der Waals surface area contributed by atoms with Crippen LogP contribution in [0.15, 0.2) is 65.7 Å². The van der Waals surface area contributed by atoms with Gasteiger partial charge in [-0.1, -0.05) is 12.1 Å². The number of aromatic nitrogens is 1. The number of esters is 1. The van der Waals surface area contributed by atoms with Crippen molar-refractivity contribution in [3.05, 3.63) is 71.9 Å². The van der Waals surface area contributed by atoms with Crippen LogP contribution in [0, 0.1) is 5.92 Å². The van der Waals surface area contributed by atoms with Crippen molar-refractivity contribution in [1.29, 1.82) is 0 Å². The number of aromatic amines is 1. The molecule has 0 aliphatic carbocycles. The lowest BCUT2D eigenvalue weighted by atomic mass is 9.92. The van der Waals surface area contributed by atoms with Gasteiger partial charge in [0.1, 0.15) is 6.04 Å². The summed E-state index contributed by atoms with van der Waals surface area (Å²) >= 11 is 0. The molecular weight excluding hydrogens is 668 g/mol. The molecule has 0 saturated carbocycles. The number of hydrogen-bond donors (Lipinski definition) is 4. The second-order valence-corrected chi connectivity index (χ2v) is 14.5. The number of methoxy groups -OCH3 is 4. The van der Waals surface area contributed by atoms with Crippen molar-refractivity contribution in [2.75, 3.05) is 45.6 Å². The number of ether oxygens (including phenoxy) is 4. The van der Waals surface area contributed by atoms with Gasteiger partial charge in [0.2, 0.25) is 5.91 Å². The zero-order valence-electron chi connectivity index (χ0n) is 28.5. The zero-order chi connectivity index (χ0) is 36.3. The molecular formula is C35H40N4O10S. The topological polar surface area (TPSA) is 186 Å². The van der Waals surface area contributed by atoms with Crippen molar-refractivity contribution in [3.63, 3.8) is 0 Å². The molecule has 14 nitrogen and oxygen atoms in total. The molecule has 3 atom stereocenters. The quantitative estimate of drug-likeness (QED) is 0.151. The van der Waals surface area contributed by atoms with E-state index in [2.05, 4.69) is 15.6 Å². The Morgan fingerprint density at radius 2 is 1.64 bits per heavy atom. The molecule has 266 valence electrons. The van der Waals surface area contributed by atoms with Gasteiger partial charge in [-0.25, -0.2) is 13.2 Å². The number of sulfone groups is 1. The molecule has 0 unspecified atom stereocenters. The lowest BCUT2D eigenvalue weighted by molar-refractivity contribution is -0.147. The molecule has 50 heavy (non-hydrogen) atoms. The summed E-state index contributed by atoms with van der Waals surface area (Å²) in [5, 5.41) is 16.6. The third-order valence-corrected chi connectivity index (χ3v) is 11.1. The Balaban J connectivity index is 1.68. The van der Waals surface area contributed by atoms with Crippen LogP contribution in [0.3, 0.4) is 0 Å². The van der Waals surface area contributed by atoms with E-state index in [1.807, 2.05) is 0 Å². The first kappa shape index (κ1) is 35.9. The standard InChI is InChI=1S/C35H40N4O10S/c1-19(2)50(44,45)29-12-10-23(38-35(43)49-6)17-26(29)31-24(34(42)48-5)13-14-39(31)33(41)30(20-8-11-27(46-3)28(15-20)47-4)37-22-9-7-21-18-36-32(40)25(21)16-22/h7-12,15-19,24,30-31,36-37,40H,13-14H2,1-6H3,(H,38,43)/t24-,30+,31+/m0/s1. The Labute approximate surface area is 289 Å². The minimum atomic E-state index is -3.96. The van der Waals surface area contributed by atoms with Crippen LogP contribution < -0.4 is 20.1 Å². The van der Waals surface area contributed by atoms with E-state index in [1.54, 1.807) is 42.6 Å². The summed E-state index contributed by atoms with van der Waals surface area (Å²) in [5.41, 5.74) is 1.31. The number of rotatable bonds is 11. The van der Waals surface area contributed by atoms with E-state index >= 15 is 0 Å². The molecule has 0 spiro atoms. The van der Waals surface area contributed by atoms with Gasteiger partial charge in [-0.3, -0.25) is 14.9 Å². The molecule has 4 N–H and O–H groups in total. The Kier molecular flexibility index (Phi) is 10.5. The van der Waals surface area contributed by atoms with Crippen LogP contribution in [0.5, 0.6) is 17.4 Å². The predicted molar refractivity (Wildman–Crippen MR) is 185 cm³/mol. The number of amides is 2. The minimum absolute atomic E-state index is 0.0440. The predicted octanol–water partition coefficient (Wildman–Crippen LogP) is 5.17. The lowest BCUT2D eigenvalue weighted by Crippen LogP contribution is -2.40. The van der Waals surface area contributed by atoms with E-state index in [0.717, 1.165) is 5.39 Å². The number of aromatic hydroxyl groups is 1. The highest BCUT2D eigenvalue weighted by Crippen LogP contribution is 2.44. The molecule has 1 aromatic heterocycles. The number of nitrogens with one attached hydrogen (secondary N) is 3. The molecule has 3 aromatic carbocycles. The fourth-order valence-corrected chi connectivity index (χ4v) is 7.49. The number of anilines is 2. The van der Waals surface area contributed by atoms with Gasteiger partial charge in [-0.15, -0.1) is 0 Å². The van der Waals surface area contributed by atoms with Gasteiger partial charge in [0, 0.05) is 34.9 Å². The second kappa shape index (κ2) is 14.6. The van der Waals surface area contributed by atoms with Gasteiger partial charge < -0.3 is 39.3 Å². The molecule has 2 heterocycles. The number of H-pyrrole nitrogens is 1. The van der Waals surface area contributed by atoms with Gasteiger partial charge in [-0.2, -0.15) is 0 Å². The fourth-order valence-electron chi connectivity index (χ4n) is 6.22. The first-order chi connectivity index (χ1) is 23.8. The summed E-state index contributed by atoms with van der Waals surface area (Å²) in [5.74, 6) is -1.32. The minimum Gasteiger partial charge on any atom is -0.494 e. The number of carbonyl (C=O) groups is 3. The summed E-state index contributed by atoms with van der Waals surface area (Å²) in [6.07, 6.45) is 1.03. The van der Waals surface area contributed by atoms with E-state index in [1.165, 1.54) is 65.4 Å². The number of fused-ring (bicyclic) bond motifs is 1. The van der Waals surface area contributed by atoms with E-state index < -0.39 is 51.1 Å². The van der Waals surface area contributed by atoms with Crippen molar-refractivity contribution in [3.8, 4) is 17.4 Å². The molecule has 1 fully saturated rings. The molecule has 1 saturated heterocycles. The van der Waals surface area contributed by atoms with Gasteiger partial charge in [0.15, 0.2) is 27.2 Å². The van der Waals surface area contributed by atoms with Crippen molar-refractivity contribution < 1.29 is 46.9 Å². The smallest absolute Gasteiger partial charge is 0.411 e. The third-order valence-electron chi connectivity index (χ3n) is 8.84. The maximum absolute atomic E-state index is 15.0. The van der Waals surface area contributed by atoms with Crippen LogP contribution in [0.1, 0.15) is 43.5 Å². The first-order valence-corrected chi connectivity index (χ1v) is 17.3. The molecule has 2 amide bonds. The van der Waals surface area contributed by atoms with Crippen LogP contribution in [-0.4, -0.2) is 81.6 Å². The van der Waals surface area contributed by atoms with Crippen LogP contribution in [0.25, 0.3) is 10.8 Å². The van der Waals surface area contributed by atoms with Crippen molar-refractivity contribution in [2.45, 2.75) is 42.5 Å². The monoisotopic (exact) mass is 708 g/mol. The number of likely N-dealkylation sites (tertiary alicyclic amines) is 1. The molecule has 15 heteroatoms. The average molecular weight is 709 g/mol. The molecule has 1 aliphatic heterocycles. The number of benzene rings is 3. The molecule has 5 rings (SSSR count). The largest absolute Gasteiger partial charge is 0.494 e. The lowest BCUT2D eigenvalue weighted by Gasteiger charge is -2.33. The highest BCUT2D eigenvalue weighted by molar-refractivity contribution is 7.92. The van der Waals surface area contributed by atoms with E-state index in [0.29, 0.717) is 28.1 Å². The maximum Gasteiger partial charge on any atom is 0.411 e. The fraction of sp³-hybridized carbons (Fsp3) is 0.343. The van der Waals surface area contributed by atoms with Gasteiger partial charge >= 0.3 is 12.1 Å². The SMILES string of the molecule is COC(=O)Nc1ccc(S(=O)(=O)C(C)C)c([C@H]2[C@@H](C(=O)OC)CCN2C(=O)[C@H](Nc2ccc3c[nH]c(O)c3c2)c2ccc(OC)c(OC)c2)c1. The van der Waals surface area contributed by atoms with Crippen LogP contribution in [0.2, 0.25) is 0 Å². The van der Waals surface area contributed by atoms with E-state index in [4.69, 9.17) is 18.9 Å². The first-order valence-electron chi connectivity index (χ1n) is 15.7. The third kappa shape index (κ3) is 6.85. The summed E-state index contributed by atoms with van der Waals surface area (Å²) in [4.78, 5) is 44.6. The Hall–Kier alpha value is -5.44. The normalized spacial score (nSPS) is 16.6. The highest BCUT2D eigenvalue weighted by Gasteiger charge is 2.46. The number of nitrogens with zero attached hydrogens (tertiary/aromatic N) is 1. The van der Waals surface area contributed by atoms with Crippen LogP contribution in [-0.2, 0) is 28.9 Å². The van der Waals surface area contributed by atoms with Crippen LogP contribution in [0.4, 0.5) is 16.2 Å². The number of carbonyl (C=O) groups excluding carboxylic acids is 3. The second-order valence-electron chi connectivity index (χ2n) is 12.0. The average Bonchev–Trinajstić information content (AvgIpc) is 3.73. The summed E-state index contributed by atoms with van der Waals surface area (Å²) in [6, 6.07) is 12.2. The molecule has 0 bridgehead atoms. The summed E-state index contributed by atoms with van der Waals surface area (Å²) < 4.78 is 48.4. The molecule has 0 radical (unpaired) electrons. The van der Waals surface area contributed by atoms with E-state index in [-0.39, 0.29) is 35.0 Å².